The molecule has 3 aliphatic carbocycles. The zero-order valence-electron chi connectivity index (χ0n) is 12.3. The summed E-state index contributed by atoms with van der Waals surface area (Å²) in [6.07, 6.45) is 6.40. The average molecular weight is 397 g/mol. The number of nitrogens with zero attached hydrogens (tertiary/aromatic N) is 1. The minimum atomic E-state index is 0. The fraction of sp³-hybridized carbons (Fsp3) is 0.588. The van der Waals surface area contributed by atoms with Gasteiger partial charge in [0.25, 0.3) is 0 Å². The lowest BCUT2D eigenvalue weighted by molar-refractivity contribution is 0.621. The lowest BCUT2D eigenvalue weighted by atomic mass is 10.0. The summed E-state index contributed by atoms with van der Waals surface area (Å²) in [7, 11) is 0. The van der Waals surface area contributed by atoms with E-state index in [1.807, 2.05) is 0 Å². The van der Waals surface area contributed by atoms with Crippen LogP contribution in [0.25, 0.3) is 0 Å². The van der Waals surface area contributed by atoms with Gasteiger partial charge < -0.3 is 11.1 Å². The largest absolute Gasteiger partial charge is 0.370 e. The maximum Gasteiger partial charge on any atom is 0.188 e. The molecular weight excluding hydrogens is 373 g/mol. The molecule has 0 spiro atoms. The van der Waals surface area contributed by atoms with Gasteiger partial charge in [-0.25, -0.2) is 0 Å². The molecule has 3 atom stereocenters. The molecule has 4 heteroatoms. The molecule has 3 N–H and O–H groups in total. The number of hydrogen-bond acceptors (Lipinski definition) is 1. The zero-order valence-corrected chi connectivity index (χ0v) is 14.6. The minimum absolute atomic E-state index is 0. The maximum atomic E-state index is 6.01. The van der Waals surface area contributed by atoms with Gasteiger partial charge >= 0.3 is 0 Å². The van der Waals surface area contributed by atoms with Gasteiger partial charge in [-0.1, -0.05) is 37.1 Å². The molecular formula is C17H24IN3. The molecule has 0 aliphatic heterocycles. The van der Waals surface area contributed by atoms with Gasteiger partial charge in [0.15, 0.2) is 5.96 Å². The summed E-state index contributed by atoms with van der Waals surface area (Å²) in [5, 5.41) is 3.37. The van der Waals surface area contributed by atoms with Crippen LogP contribution in [0.1, 0.15) is 42.7 Å². The van der Waals surface area contributed by atoms with E-state index in [1.54, 1.807) is 11.1 Å². The van der Waals surface area contributed by atoms with E-state index in [-0.39, 0.29) is 24.0 Å². The molecule has 21 heavy (non-hydrogen) atoms. The molecule has 3 aliphatic rings. The second-order valence-corrected chi connectivity index (χ2v) is 6.61. The summed E-state index contributed by atoms with van der Waals surface area (Å²) >= 11 is 0. The van der Waals surface area contributed by atoms with E-state index in [0.29, 0.717) is 12.0 Å². The van der Waals surface area contributed by atoms with Crippen molar-refractivity contribution in [2.45, 2.75) is 44.1 Å². The molecule has 0 heterocycles. The average Bonchev–Trinajstić information content (AvgIpc) is 2.83. The number of hydrogen-bond donors (Lipinski definition) is 2. The van der Waals surface area contributed by atoms with Crippen molar-refractivity contribution in [3.8, 4) is 0 Å². The molecule has 114 valence electrons. The molecule has 0 bridgehead atoms. The Morgan fingerprint density at radius 3 is 2.81 bits per heavy atom. The first-order chi connectivity index (χ1) is 9.83. The Kier molecular flexibility index (Phi) is 4.43. The van der Waals surface area contributed by atoms with Gasteiger partial charge in [0.2, 0.25) is 0 Å². The van der Waals surface area contributed by atoms with Crippen molar-refractivity contribution in [3.05, 3.63) is 35.4 Å². The summed E-state index contributed by atoms with van der Waals surface area (Å²) < 4.78 is 0. The fourth-order valence-electron chi connectivity index (χ4n) is 4.26. The van der Waals surface area contributed by atoms with E-state index in [2.05, 4.69) is 34.6 Å². The molecule has 4 rings (SSSR count). The van der Waals surface area contributed by atoms with Gasteiger partial charge in [0.1, 0.15) is 0 Å². The Morgan fingerprint density at radius 2 is 2.00 bits per heavy atom. The standard InChI is InChI=1S/C17H23N3.HI/c18-17(20-12-6-2-3-7-12)19-10-15-14-9-11-5-1-4-8-13(11)16(14)15;/h1,4-5,8,12,14-16H,2-3,6-7,9-10H2,(H3,18,19,20);1H. The third-order valence-electron chi connectivity index (χ3n) is 5.38. The fourth-order valence-corrected chi connectivity index (χ4v) is 4.26. The number of fused-ring (bicyclic) bond motifs is 3. The van der Waals surface area contributed by atoms with Crippen LogP contribution in [0.15, 0.2) is 29.3 Å². The van der Waals surface area contributed by atoms with Crippen LogP contribution in [-0.4, -0.2) is 18.5 Å². The van der Waals surface area contributed by atoms with Crippen LogP contribution in [0.2, 0.25) is 0 Å². The molecule has 0 saturated heterocycles. The first kappa shape index (κ1) is 15.1. The number of rotatable bonds is 3. The highest BCUT2D eigenvalue weighted by Gasteiger charge is 2.54. The van der Waals surface area contributed by atoms with Gasteiger partial charge in [-0.3, -0.25) is 4.99 Å². The summed E-state index contributed by atoms with van der Waals surface area (Å²) in [5.74, 6) is 2.98. The van der Waals surface area contributed by atoms with Crippen molar-refractivity contribution in [3.63, 3.8) is 0 Å². The first-order valence-corrected chi connectivity index (χ1v) is 7.97. The third-order valence-corrected chi connectivity index (χ3v) is 5.38. The quantitative estimate of drug-likeness (QED) is 0.468. The van der Waals surface area contributed by atoms with Crippen LogP contribution in [-0.2, 0) is 6.42 Å². The second kappa shape index (κ2) is 6.15. The molecule has 0 aromatic heterocycles. The molecule has 2 saturated carbocycles. The van der Waals surface area contributed by atoms with E-state index in [0.717, 1.165) is 24.3 Å². The predicted octanol–water partition coefficient (Wildman–Crippen LogP) is 3.04. The molecule has 3 unspecified atom stereocenters. The van der Waals surface area contributed by atoms with Gasteiger partial charge in [-0.15, -0.1) is 24.0 Å². The molecule has 0 radical (unpaired) electrons. The summed E-state index contributed by atoms with van der Waals surface area (Å²) in [6, 6.07) is 9.45. The van der Waals surface area contributed by atoms with Crippen molar-refractivity contribution in [1.82, 2.24) is 5.32 Å². The highest BCUT2D eigenvalue weighted by Crippen LogP contribution is 2.61. The Labute approximate surface area is 143 Å². The SMILES string of the molecule is I.NC(=NCC1C2Cc3ccccc3C12)NC1CCCC1. The van der Waals surface area contributed by atoms with Crippen molar-refractivity contribution in [2.75, 3.05) is 6.54 Å². The Hall–Kier alpha value is -0.780. The van der Waals surface area contributed by atoms with E-state index >= 15 is 0 Å². The van der Waals surface area contributed by atoms with Crippen LogP contribution in [0, 0.1) is 11.8 Å². The Balaban J connectivity index is 0.00000132. The number of guanidine groups is 1. The van der Waals surface area contributed by atoms with Gasteiger partial charge in [0.05, 0.1) is 0 Å². The van der Waals surface area contributed by atoms with Gasteiger partial charge in [-0.2, -0.15) is 0 Å². The number of halogens is 1. The second-order valence-electron chi connectivity index (χ2n) is 6.61. The van der Waals surface area contributed by atoms with E-state index in [9.17, 15) is 0 Å². The molecule has 1 aromatic carbocycles. The van der Waals surface area contributed by atoms with Gasteiger partial charge in [0, 0.05) is 12.6 Å². The first-order valence-electron chi connectivity index (χ1n) is 7.97. The monoisotopic (exact) mass is 397 g/mol. The highest BCUT2D eigenvalue weighted by atomic mass is 127. The van der Waals surface area contributed by atoms with Crippen molar-refractivity contribution >= 4 is 29.9 Å². The van der Waals surface area contributed by atoms with E-state index < -0.39 is 0 Å². The third kappa shape index (κ3) is 2.91. The zero-order chi connectivity index (χ0) is 13.5. The van der Waals surface area contributed by atoms with Gasteiger partial charge in [-0.05, 0) is 48.1 Å². The summed E-state index contributed by atoms with van der Waals surface area (Å²) in [4.78, 5) is 4.59. The van der Waals surface area contributed by atoms with Crippen LogP contribution in [0.3, 0.4) is 0 Å². The molecule has 1 aromatic rings. The number of nitrogens with one attached hydrogen (secondary N) is 1. The predicted molar refractivity (Wildman–Crippen MR) is 97.2 cm³/mol. The van der Waals surface area contributed by atoms with Crippen LogP contribution in [0.4, 0.5) is 0 Å². The Morgan fingerprint density at radius 1 is 1.24 bits per heavy atom. The lowest BCUT2D eigenvalue weighted by Crippen LogP contribution is -2.38. The Bertz CT molecular complexity index is 537. The smallest absolute Gasteiger partial charge is 0.188 e. The van der Waals surface area contributed by atoms with Crippen molar-refractivity contribution < 1.29 is 0 Å². The van der Waals surface area contributed by atoms with Crippen molar-refractivity contribution in [2.24, 2.45) is 22.6 Å². The van der Waals surface area contributed by atoms with E-state index in [1.165, 1.54) is 32.1 Å². The minimum Gasteiger partial charge on any atom is -0.370 e. The van der Waals surface area contributed by atoms with E-state index in [4.69, 9.17) is 5.73 Å². The van der Waals surface area contributed by atoms with Crippen LogP contribution in [0.5, 0.6) is 0 Å². The molecule has 2 fully saturated rings. The number of aliphatic imine (C=N–C) groups is 1. The number of benzene rings is 1. The highest BCUT2D eigenvalue weighted by molar-refractivity contribution is 14.0. The normalized spacial score (nSPS) is 30.5. The molecule has 0 amide bonds. The van der Waals surface area contributed by atoms with Crippen LogP contribution >= 0.6 is 24.0 Å². The number of nitrogens with two attached hydrogens (primary N) is 1. The van der Waals surface area contributed by atoms with Crippen molar-refractivity contribution in [1.29, 1.82) is 0 Å². The van der Waals surface area contributed by atoms with Crippen LogP contribution < -0.4 is 11.1 Å². The molecule has 3 nitrogen and oxygen atoms in total. The topological polar surface area (TPSA) is 50.4 Å². The lowest BCUT2D eigenvalue weighted by Gasteiger charge is -2.12. The maximum absolute atomic E-state index is 6.01. The summed E-state index contributed by atoms with van der Waals surface area (Å²) in [5.41, 5.74) is 9.14. The summed E-state index contributed by atoms with van der Waals surface area (Å²) in [6.45, 7) is 0.898.